The highest BCUT2D eigenvalue weighted by atomic mass is 32.1. The first kappa shape index (κ1) is 9.17. The minimum atomic E-state index is -0.0706. The van der Waals surface area contributed by atoms with Gasteiger partial charge in [-0.1, -0.05) is 11.3 Å². The molecule has 74 valence electrons. The molecule has 2 rings (SSSR count). The van der Waals surface area contributed by atoms with E-state index in [0.717, 1.165) is 10.9 Å². The third kappa shape index (κ3) is 2.09. The van der Waals surface area contributed by atoms with Crippen molar-refractivity contribution in [3.8, 4) is 0 Å². The van der Waals surface area contributed by atoms with Gasteiger partial charge in [0.15, 0.2) is 0 Å². The van der Waals surface area contributed by atoms with E-state index in [9.17, 15) is 0 Å². The summed E-state index contributed by atoms with van der Waals surface area (Å²) in [7, 11) is 0. The van der Waals surface area contributed by atoms with Crippen LogP contribution >= 0.6 is 11.3 Å². The highest BCUT2D eigenvalue weighted by molar-refractivity contribution is 7.13. The fraction of sp³-hybridized carbons (Fsp3) is 0.250. The Balaban J connectivity index is 1.92. The van der Waals surface area contributed by atoms with E-state index in [1.54, 1.807) is 11.6 Å². The summed E-state index contributed by atoms with van der Waals surface area (Å²) in [5, 5.41) is 20.1. The highest BCUT2D eigenvalue weighted by Crippen LogP contribution is 2.12. The van der Waals surface area contributed by atoms with Gasteiger partial charge in [0.1, 0.15) is 23.6 Å². The summed E-state index contributed by atoms with van der Waals surface area (Å²) < 4.78 is 5.28. The van der Waals surface area contributed by atoms with Crippen LogP contribution in [0.15, 0.2) is 22.1 Å². The maximum atomic E-state index is 8.77. The van der Waals surface area contributed by atoms with Gasteiger partial charge >= 0.3 is 0 Å². The van der Waals surface area contributed by atoms with Crippen molar-refractivity contribution in [2.24, 2.45) is 0 Å². The average Bonchev–Trinajstić information content (AvgIpc) is 2.86. The number of rotatable bonds is 4. The van der Waals surface area contributed by atoms with E-state index in [0.29, 0.717) is 12.3 Å². The number of aromatic nitrogens is 2. The van der Waals surface area contributed by atoms with Gasteiger partial charge in [-0.05, 0) is 12.1 Å². The Morgan fingerprint density at radius 1 is 1.43 bits per heavy atom. The third-order valence-corrected chi connectivity index (χ3v) is 2.30. The molecule has 0 atom stereocenters. The van der Waals surface area contributed by atoms with Crippen LogP contribution in [0.4, 0.5) is 5.13 Å². The topological polar surface area (TPSA) is 71.2 Å². The summed E-state index contributed by atoms with van der Waals surface area (Å²) >= 11 is 1.43. The van der Waals surface area contributed by atoms with Crippen LogP contribution in [0.5, 0.6) is 0 Å². The third-order valence-electron chi connectivity index (χ3n) is 1.65. The van der Waals surface area contributed by atoms with Crippen molar-refractivity contribution in [3.63, 3.8) is 0 Å². The van der Waals surface area contributed by atoms with Crippen molar-refractivity contribution < 1.29 is 9.52 Å². The lowest BCUT2D eigenvalue weighted by Gasteiger charge is -1.97. The lowest BCUT2D eigenvalue weighted by molar-refractivity contribution is 0.244. The molecule has 0 spiro atoms. The number of aliphatic hydroxyl groups is 1. The van der Waals surface area contributed by atoms with Crippen molar-refractivity contribution in [2.75, 3.05) is 5.32 Å². The summed E-state index contributed by atoms with van der Waals surface area (Å²) in [6.07, 6.45) is 0. The van der Waals surface area contributed by atoms with Crippen LogP contribution in [0.1, 0.15) is 11.5 Å². The molecule has 0 unspecified atom stereocenters. The predicted octanol–water partition coefficient (Wildman–Crippen LogP) is 1.24. The quantitative estimate of drug-likeness (QED) is 0.796. The summed E-state index contributed by atoms with van der Waals surface area (Å²) in [4.78, 5) is 0. The van der Waals surface area contributed by atoms with Crippen molar-refractivity contribution in [1.82, 2.24) is 10.2 Å². The minimum Gasteiger partial charge on any atom is -0.462 e. The minimum absolute atomic E-state index is 0.0706. The van der Waals surface area contributed by atoms with E-state index in [-0.39, 0.29) is 6.61 Å². The lowest BCUT2D eigenvalue weighted by Crippen LogP contribution is -1.97. The number of hydrogen-bond donors (Lipinski definition) is 2. The first-order valence-electron chi connectivity index (χ1n) is 4.07. The van der Waals surface area contributed by atoms with Gasteiger partial charge in [-0.2, -0.15) is 0 Å². The van der Waals surface area contributed by atoms with Gasteiger partial charge in [-0.15, -0.1) is 10.2 Å². The Morgan fingerprint density at radius 3 is 2.93 bits per heavy atom. The van der Waals surface area contributed by atoms with Crippen LogP contribution in [-0.4, -0.2) is 15.3 Å². The van der Waals surface area contributed by atoms with Gasteiger partial charge < -0.3 is 14.8 Å². The van der Waals surface area contributed by atoms with Crippen LogP contribution in [0.2, 0.25) is 0 Å². The second-order valence-electron chi connectivity index (χ2n) is 2.62. The van der Waals surface area contributed by atoms with Crippen molar-refractivity contribution in [2.45, 2.75) is 13.2 Å². The molecule has 0 fully saturated rings. The molecule has 0 aliphatic carbocycles. The van der Waals surface area contributed by atoms with E-state index >= 15 is 0 Å². The standard InChI is InChI=1S/C8H9N3O2S/c12-4-7-2-1-6(13-7)3-9-8-11-10-5-14-8/h1-2,5,12H,3-4H2,(H,9,11). The van der Waals surface area contributed by atoms with Crippen LogP contribution in [0.3, 0.4) is 0 Å². The van der Waals surface area contributed by atoms with Crippen molar-refractivity contribution >= 4 is 16.5 Å². The second-order valence-corrected chi connectivity index (χ2v) is 3.46. The Bertz CT molecular complexity index is 385. The molecule has 0 aliphatic rings. The van der Waals surface area contributed by atoms with Gasteiger partial charge in [0, 0.05) is 0 Å². The molecule has 0 aliphatic heterocycles. The van der Waals surface area contributed by atoms with Gasteiger partial charge in [-0.25, -0.2) is 0 Å². The SMILES string of the molecule is OCc1ccc(CNc2nncs2)o1. The van der Waals surface area contributed by atoms with Gasteiger partial charge in [0.2, 0.25) is 5.13 Å². The number of anilines is 1. The fourth-order valence-corrected chi connectivity index (χ4v) is 1.46. The zero-order chi connectivity index (χ0) is 9.80. The number of aliphatic hydroxyl groups excluding tert-OH is 1. The highest BCUT2D eigenvalue weighted by Gasteiger charge is 2.01. The van der Waals surface area contributed by atoms with Gasteiger partial charge in [0.05, 0.1) is 6.54 Å². The maximum absolute atomic E-state index is 8.77. The molecule has 0 radical (unpaired) electrons. The Morgan fingerprint density at radius 2 is 2.29 bits per heavy atom. The molecule has 2 aromatic rings. The van der Waals surface area contributed by atoms with E-state index in [2.05, 4.69) is 15.5 Å². The molecular formula is C8H9N3O2S. The van der Waals surface area contributed by atoms with Crippen molar-refractivity contribution in [1.29, 1.82) is 0 Å². The largest absolute Gasteiger partial charge is 0.462 e. The van der Waals surface area contributed by atoms with E-state index < -0.39 is 0 Å². The predicted molar refractivity (Wildman–Crippen MR) is 51.9 cm³/mol. The van der Waals surface area contributed by atoms with E-state index in [1.807, 2.05) is 6.07 Å². The van der Waals surface area contributed by atoms with Gasteiger partial charge in [0.25, 0.3) is 0 Å². The smallest absolute Gasteiger partial charge is 0.205 e. The average molecular weight is 211 g/mol. The molecule has 2 aromatic heterocycles. The Kier molecular flexibility index (Phi) is 2.76. The summed E-state index contributed by atoms with van der Waals surface area (Å²) in [5.74, 6) is 1.34. The van der Waals surface area contributed by atoms with Crippen LogP contribution in [0.25, 0.3) is 0 Å². The summed E-state index contributed by atoms with van der Waals surface area (Å²) in [5.41, 5.74) is 1.66. The second kappa shape index (κ2) is 4.21. The molecule has 0 bridgehead atoms. The fourth-order valence-electron chi connectivity index (χ4n) is 1.02. The molecule has 6 heteroatoms. The first-order valence-corrected chi connectivity index (χ1v) is 4.95. The zero-order valence-corrected chi connectivity index (χ0v) is 8.12. The van der Waals surface area contributed by atoms with E-state index in [4.69, 9.17) is 9.52 Å². The Labute approximate surface area is 84.4 Å². The molecule has 0 saturated heterocycles. The number of nitrogens with one attached hydrogen (secondary N) is 1. The van der Waals surface area contributed by atoms with Crippen LogP contribution in [0, 0.1) is 0 Å². The zero-order valence-electron chi connectivity index (χ0n) is 7.30. The Hall–Kier alpha value is -1.40. The van der Waals surface area contributed by atoms with E-state index in [1.165, 1.54) is 11.3 Å². The van der Waals surface area contributed by atoms with Gasteiger partial charge in [-0.3, -0.25) is 0 Å². The summed E-state index contributed by atoms with van der Waals surface area (Å²) in [6, 6.07) is 3.57. The normalized spacial score (nSPS) is 10.4. The molecule has 2 N–H and O–H groups in total. The molecule has 14 heavy (non-hydrogen) atoms. The van der Waals surface area contributed by atoms with Crippen LogP contribution < -0.4 is 5.32 Å². The first-order chi connectivity index (χ1) is 6.88. The van der Waals surface area contributed by atoms with Crippen LogP contribution in [-0.2, 0) is 13.2 Å². The maximum Gasteiger partial charge on any atom is 0.205 e. The number of furan rings is 1. The number of nitrogens with zero attached hydrogens (tertiary/aromatic N) is 2. The number of hydrogen-bond acceptors (Lipinski definition) is 6. The monoisotopic (exact) mass is 211 g/mol. The molecule has 0 aromatic carbocycles. The lowest BCUT2D eigenvalue weighted by atomic mass is 10.4. The molecule has 0 amide bonds. The molecule has 2 heterocycles. The summed E-state index contributed by atoms with van der Waals surface area (Å²) in [6.45, 7) is 0.480. The van der Waals surface area contributed by atoms with Crippen molar-refractivity contribution in [3.05, 3.63) is 29.2 Å². The molecule has 5 nitrogen and oxygen atoms in total. The molecular weight excluding hydrogens is 202 g/mol. The molecule has 0 saturated carbocycles.